The maximum absolute atomic E-state index is 10.6. The van der Waals surface area contributed by atoms with Crippen molar-refractivity contribution in [3.05, 3.63) is 47.4 Å². The molecule has 18 heavy (non-hydrogen) atoms. The van der Waals surface area contributed by atoms with Gasteiger partial charge < -0.3 is 14.8 Å². The highest BCUT2D eigenvalue weighted by atomic mass is 16.4. The monoisotopic (exact) mass is 247 g/mol. The second-order valence-corrected chi connectivity index (χ2v) is 3.77. The number of aromatic nitrogens is 2. The Bertz CT molecular complexity index is 551. The molecule has 6 heteroatoms. The number of hydrogen-bond acceptors (Lipinski definition) is 5. The highest BCUT2D eigenvalue weighted by Gasteiger charge is 2.08. The van der Waals surface area contributed by atoms with Crippen molar-refractivity contribution < 1.29 is 14.3 Å². The fourth-order valence-electron chi connectivity index (χ4n) is 1.51. The Morgan fingerprint density at radius 2 is 2.22 bits per heavy atom. The van der Waals surface area contributed by atoms with Gasteiger partial charge in [0.05, 0.1) is 12.2 Å². The third-order valence-electron chi connectivity index (χ3n) is 2.31. The lowest BCUT2D eigenvalue weighted by atomic mass is 10.3. The second kappa shape index (κ2) is 5.42. The summed E-state index contributed by atoms with van der Waals surface area (Å²) in [7, 11) is 0. The number of aromatic carboxylic acids is 1. The van der Waals surface area contributed by atoms with Gasteiger partial charge in [-0.05, 0) is 25.1 Å². The summed E-state index contributed by atoms with van der Waals surface area (Å²) in [4.78, 5) is 18.9. The first-order valence-corrected chi connectivity index (χ1v) is 5.46. The van der Waals surface area contributed by atoms with Crippen LogP contribution >= 0.6 is 0 Å². The quantitative estimate of drug-likeness (QED) is 0.829. The Balaban J connectivity index is 1.86. The van der Waals surface area contributed by atoms with Gasteiger partial charge in [0.25, 0.3) is 0 Å². The third kappa shape index (κ3) is 3.14. The maximum atomic E-state index is 10.6. The third-order valence-corrected chi connectivity index (χ3v) is 2.31. The molecule has 2 aromatic heterocycles. The summed E-state index contributed by atoms with van der Waals surface area (Å²) >= 11 is 0. The number of hydrogen-bond donors (Lipinski definition) is 2. The zero-order valence-corrected chi connectivity index (χ0v) is 9.88. The molecule has 0 radical (unpaired) electrons. The molecule has 0 aliphatic heterocycles. The molecule has 2 N–H and O–H groups in total. The number of rotatable bonds is 5. The van der Waals surface area contributed by atoms with Crippen molar-refractivity contribution in [2.75, 3.05) is 0 Å². The van der Waals surface area contributed by atoms with Crippen LogP contribution in [0.5, 0.6) is 0 Å². The molecule has 0 aliphatic carbocycles. The van der Waals surface area contributed by atoms with Crippen molar-refractivity contribution in [1.29, 1.82) is 0 Å². The number of nitrogens with zero attached hydrogens (tertiary/aromatic N) is 2. The summed E-state index contributed by atoms with van der Waals surface area (Å²) < 4.78 is 5.11. The van der Waals surface area contributed by atoms with Gasteiger partial charge in [0.15, 0.2) is 0 Å². The summed E-state index contributed by atoms with van der Waals surface area (Å²) in [5.74, 6) is 0.191. The van der Waals surface area contributed by atoms with Gasteiger partial charge in [0, 0.05) is 12.7 Å². The van der Waals surface area contributed by atoms with Gasteiger partial charge in [-0.1, -0.05) is 0 Å². The molecule has 2 aromatic rings. The molecular formula is C12H13N3O3. The van der Waals surface area contributed by atoms with Crippen LogP contribution in [-0.4, -0.2) is 21.0 Å². The van der Waals surface area contributed by atoms with Crippen LogP contribution in [0.3, 0.4) is 0 Å². The molecule has 94 valence electrons. The molecule has 2 rings (SSSR count). The van der Waals surface area contributed by atoms with Gasteiger partial charge in [0.1, 0.15) is 11.6 Å². The van der Waals surface area contributed by atoms with E-state index in [9.17, 15) is 4.79 Å². The zero-order chi connectivity index (χ0) is 13.0. The van der Waals surface area contributed by atoms with Gasteiger partial charge in [-0.3, -0.25) is 0 Å². The normalized spacial score (nSPS) is 10.5. The lowest BCUT2D eigenvalue weighted by Gasteiger charge is -2.02. The molecule has 0 aliphatic rings. The predicted molar refractivity (Wildman–Crippen MR) is 63.0 cm³/mol. The highest BCUT2D eigenvalue weighted by Crippen LogP contribution is 2.07. The maximum Gasteiger partial charge on any atom is 0.371 e. The van der Waals surface area contributed by atoms with Crippen LogP contribution in [0, 0.1) is 6.92 Å². The van der Waals surface area contributed by atoms with Crippen LogP contribution in [0.15, 0.2) is 28.8 Å². The summed E-state index contributed by atoms with van der Waals surface area (Å²) in [5.41, 5.74) is 0.882. The number of furan rings is 1. The Kier molecular flexibility index (Phi) is 3.69. The number of aryl methyl sites for hydroxylation is 1. The number of carboxylic acid groups (broad SMARTS) is 1. The van der Waals surface area contributed by atoms with E-state index in [2.05, 4.69) is 15.3 Å². The average molecular weight is 247 g/mol. The van der Waals surface area contributed by atoms with Gasteiger partial charge >= 0.3 is 5.97 Å². The molecule has 0 aromatic carbocycles. The van der Waals surface area contributed by atoms with E-state index in [1.165, 1.54) is 6.07 Å². The van der Waals surface area contributed by atoms with E-state index in [1.54, 1.807) is 12.3 Å². The number of carboxylic acids is 1. The van der Waals surface area contributed by atoms with Crippen molar-refractivity contribution >= 4 is 5.97 Å². The first-order chi connectivity index (χ1) is 8.65. The highest BCUT2D eigenvalue weighted by molar-refractivity contribution is 5.84. The van der Waals surface area contributed by atoms with Crippen molar-refractivity contribution in [3.63, 3.8) is 0 Å². The zero-order valence-electron chi connectivity index (χ0n) is 9.88. The van der Waals surface area contributed by atoms with Gasteiger partial charge in [-0.2, -0.15) is 0 Å². The Hall–Kier alpha value is -2.21. The van der Waals surface area contributed by atoms with Crippen molar-refractivity contribution in [2.45, 2.75) is 20.0 Å². The topological polar surface area (TPSA) is 88.2 Å². The first-order valence-electron chi connectivity index (χ1n) is 5.46. The van der Waals surface area contributed by atoms with E-state index < -0.39 is 5.97 Å². The van der Waals surface area contributed by atoms with E-state index >= 15 is 0 Å². The van der Waals surface area contributed by atoms with E-state index in [0.717, 1.165) is 11.5 Å². The van der Waals surface area contributed by atoms with E-state index in [0.29, 0.717) is 18.8 Å². The van der Waals surface area contributed by atoms with Gasteiger partial charge in [-0.25, -0.2) is 14.8 Å². The summed E-state index contributed by atoms with van der Waals surface area (Å²) in [6.07, 6.45) is 1.70. The molecule has 0 unspecified atom stereocenters. The molecule has 6 nitrogen and oxygen atoms in total. The van der Waals surface area contributed by atoms with Crippen LogP contribution in [0.2, 0.25) is 0 Å². The predicted octanol–water partition coefficient (Wildman–Crippen LogP) is 1.37. The molecule has 0 amide bonds. The van der Waals surface area contributed by atoms with Gasteiger partial charge in [0.2, 0.25) is 5.76 Å². The molecule has 0 saturated heterocycles. The summed E-state index contributed by atoms with van der Waals surface area (Å²) in [5, 5.41) is 11.8. The molecule has 0 fully saturated rings. The SMILES string of the molecule is Cc1nccc(CNCc2ccc(C(=O)O)o2)n1. The summed E-state index contributed by atoms with van der Waals surface area (Å²) in [6.45, 7) is 2.86. The number of carbonyl (C=O) groups is 1. The Morgan fingerprint density at radius 1 is 1.39 bits per heavy atom. The van der Waals surface area contributed by atoms with Crippen LogP contribution in [-0.2, 0) is 13.1 Å². The molecule has 0 spiro atoms. The Morgan fingerprint density at radius 3 is 2.89 bits per heavy atom. The van der Waals surface area contributed by atoms with Crippen molar-refractivity contribution in [2.24, 2.45) is 0 Å². The summed E-state index contributed by atoms with van der Waals surface area (Å²) in [6, 6.07) is 4.90. The fourth-order valence-corrected chi connectivity index (χ4v) is 1.51. The van der Waals surface area contributed by atoms with Gasteiger partial charge in [-0.15, -0.1) is 0 Å². The average Bonchev–Trinajstić information content (AvgIpc) is 2.78. The molecule has 0 atom stereocenters. The lowest BCUT2D eigenvalue weighted by molar-refractivity contribution is 0.0660. The van der Waals surface area contributed by atoms with Crippen LogP contribution in [0.25, 0.3) is 0 Å². The van der Waals surface area contributed by atoms with Crippen LogP contribution in [0.1, 0.15) is 27.8 Å². The second-order valence-electron chi connectivity index (χ2n) is 3.77. The number of nitrogens with one attached hydrogen (secondary N) is 1. The molecule has 0 saturated carbocycles. The van der Waals surface area contributed by atoms with E-state index in [1.807, 2.05) is 13.0 Å². The fraction of sp³-hybridized carbons (Fsp3) is 0.250. The minimum atomic E-state index is -1.06. The van der Waals surface area contributed by atoms with E-state index in [4.69, 9.17) is 9.52 Å². The van der Waals surface area contributed by atoms with Crippen LogP contribution in [0.4, 0.5) is 0 Å². The Labute approximate surface area is 104 Å². The van der Waals surface area contributed by atoms with Crippen molar-refractivity contribution in [1.82, 2.24) is 15.3 Å². The molecule has 0 bridgehead atoms. The van der Waals surface area contributed by atoms with E-state index in [-0.39, 0.29) is 5.76 Å². The minimum Gasteiger partial charge on any atom is -0.475 e. The molecule has 2 heterocycles. The molecular weight excluding hydrogens is 234 g/mol. The minimum absolute atomic E-state index is 0.0512. The van der Waals surface area contributed by atoms with Crippen molar-refractivity contribution in [3.8, 4) is 0 Å². The standard InChI is InChI=1S/C12H13N3O3/c1-8-14-5-4-9(15-8)6-13-7-10-2-3-11(18-10)12(16)17/h2-5,13H,6-7H2,1H3,(H,16,17). The lowest BCUT2D eigenvalue weighted by Crippen LogP contribution is -2.13. The smallest absolute Gasteiger partial charge is 0.371 e. The largest absolute Gasteiger partial charge is 0.475 e. The van der Waals surface area contributed by atoms with Crippen LogP contribution < -0.4 is 5.32 Å². The first kappa shape index (κ1) is 12.3.